The molecule has 1 saturated carbocycles. The van der Waals surface area contributed by atoms with Gasteiger partial charge in [-0.3, -0.25) is 0 Å². The van der Waals surface area contributed by atoms with Gasteiger partial charge in [-0.1, -0.05) is 0 Å². The Morgan fingerprint density at radius 2 is 2.12 bits per heavy atom. The van der Waals surface area contributed by atoms with Crippen molar-refractivity contribution in [1.82, 2.24) is 4.98 Å². The lowest BCUT2D eigenvalue weighted by Crippen LogP contribution is -2.24. The molecule has 5 heteroatoms. The SMILES string of the molecule is Fc1cccnc1N1CCC2(C1)CC2(F)F. The second-order valence-electron chi connectivity index (χ2n) is 4.64. The molecule has 1 aliphatic heterocycles. The third-order valence-electron chi connectivity index (χ3n) is 3.60. The second kappa shape index (κ2) is 2.90. The lowest BCUT2D eigenvalue weighted by atomic mass is 10.1. The van der Waals surface area contributed by atoms with Gasteiger partial charge in [0.05, 0.1) is 5.41 Å². The third-order valence-corrected chi connectivity index (χ3v) is 3.60. The van der Waals surface area contributed by atoms with Crippen LogP contribution in [0.1, 0.15) is 12.8 Å². The third kappa shape index (κ3) is 1.23. The zero-order chi connectivity index (χ0) is 11.4. The molecule has 16 heavy (non-hydrogen) atoms. The minimum atomic E-state index is -2.56. The molecule has 0 radical (unpaired) electrons. The van der Waals surface area contributed by atoms with E-state index in [9.17, 15) is 13.2 Å². The Morgan fingerprint density at radius 3 is 2.69 bits per heavy atom. The largest absolute Gasteiger partial charge is 0.353 e. The van der Waals surface area contributed by atoms with Gasteiger partial charge in [-0.2, -0.15) is 0 Å². The number of aromatic nitrogens is 1. The molecule has 1 spiro atoms. The van der Waals surface area contributed by atoms with Crippen LogP contribution in [-0.4, -0.2) is 24.0 Å². The molecule has 86 valence electrons. The number of hydrogen-bond acceptors (Lipinski definition) is 2. The maximum Gasteiger partial charge on any atom is 0.256 e. The highest BCUT2D eigenvalue weighted by Crippen LogP contribution is 2.65. The average Bonchev–Trinajstić information content (AvgIpc) is 2.59. The van der Waals surface area contributed by atoms with E-state index >= 15 is 0 Å². The highest BCUT2D eigenvalue weighted by molar-refractivity contribution is 5.43. The summed E-state index contributed by atoms with van der Waals surface area (Å²) in [7, 11) is 0. The van der Waals surface area contributed by atoms with Crippen molar-refractivity contribution in [2.24, 2.45) is 5.41 Å². The van der Waals surface area contributed by atoms with Crippen LogP contribution in [-0.2, 0) is 0 Å². The summed E-state index contributed by atoms with van der Waals surface area (Å²) < 4.78 is 39.7. The first kappa shape index (κ1) is 9.93. The van der Waals surface area contributed by atoms with E-state index in [1.165, 1.54) is 18.3 Å². The van der Waals surface area contributed by atoms with Crippen molar-refractivity contribution in [3.05, 3.63) is 24.1 Å². The Labute approximate surface area is 91.1 Å². The molecule has 0 aromatic carbocycles. The Hall–Kier alpha value is -1.26. The van der Waals surface area contributed by atoms with Crippen molar-refractivity contribution in [3.8, 4) is 0 Å². The van der Waals surface area contributed by atoms with Gasteiger partial charge >= 0.3 is 0 Å². The van der Waals surface area contributed by atoms with E-state index in [4.69, 9.17) is 0 Å². The molecule has 1 atom stereocenters. The monoisotopic (exact) mass is 228 g/mol. The molecule has 1 unspecified atom stereocenters. The minimum absolute atomic E-state index is 0.0645. The van der Waals surface area contributed by atoms with E-state index in [-0.39, 0.29) is 18.8 Å². The van der Waals surface area contributed by atoms with Gasteiger partial charge in [-0.25, -0.2) is 18.2 Å². The van der Waals surface area contributed by atoms with E-state index in [2.05, 4.69) is 4.98 Å². The predicted molar refractivity (Wildman–Crippen MR) is 53.0 cm³/mol. The molecular weight excluding hydrogens is 217 g/mol. The van der Waals surface area contributed by atoms with Gasteiger partial charge in [0.25, 0.3) is 5.92 Å². The fraction of sp³-hybridized carbons (Fsp3) is 0.545. The summed E-state index contributed by atoms with van der Waals surface area (Å²) in [6.07, 6.45) is 1.84. The van der Waals surface area contributed by atoms with Crippen LogP contribution in [0, 0.1) is 11.2 Å². The first-order valence-electron chi connectivity index (χ1n) is 5.27. The fourth-order valence-corrected chi connectivity index (χ4v) is 2.49. The standard InChI is InChI=1S/C11H11F3N2/c12-8-2-1-4-15-9(8)16-5-3-10(7-16)6-11(10,13)14/h1-2,4H,3,5-7H2. The van der Waals surface area contributed by atoms with Gasteiger partial charge in [-0.05, 0) is 18.6 Å². The summed E-state index contributed by atoms with van der Waals surface area (Å²) in [6, 6.07) is 2.80. The lowest BCUT2D eigenvalue weighted by Gasteiger charge is -2.17. The molecule has 1 aliphatic carbocycles. The van der Waals surface area contributed by atoms with Crippen LogP contribution in [0.15, 0.2) is 18.3 Å². The summed E-state index contributed by atoms with van der Waals surface area (Å²) in [5.41, 5.74) is -0.906. The molecule has 2 nitrogen and oxygen atoms in total. The Morgan fingerprint density at radius 1 is 1.38 bits per heavy atom. The zero-order valence-electron chi connectivity index (χ0n) is 8.59. The van der Waals surface area contributed by atoms with Crippen molar-refractivity contribution >= 4 is 5.82 Å². The molecule has 1 aromatic rings. The molecule has 2 fully saturated rings. The topological polar surface area (TPSA) is 16.1 Å². The highest BCUT2D eigenvalue weighted by atomic mass is 19.3. The van der Waals surface area contributed by atoms with Gasteiger partial charge in [0.2, 0.25) is 0 Å². The van der Waals surface area contributed by atoms with Crippen LogP contribution >= 0.6 is 0 Å². The lowest BCUT2D eigenvalue weighted by molar-refractivity contribution is 0.0710. The quantitative estimate of drug-likeness (QED) is 0.734. The van der Waals surface area contributed by atoms with Crippen LogP contribution in [0.4, 0.5) is 19.0 Å². The summed E-state index contributed by atoms with van der Waals surface area (Å²) in [5.74, 6) is -2.81. The first-order valence-corrected chi connectivity index (χ1v) is 5.27. The summed E-state index contributed by atoms with van der Waals surface area (Å²) >= 11 is 0. The Balaban J connectivity index is 1.83. The molecule has 0 bridgehead atoms. The van der Waals surface area contributed by atoms with E-state index in [0.717, 1.165) is 0 Å². The molecule has 2 aliphatic rings. The average molecular weight is 228 g/mol. The van der Waals surface area contributed by atoms with Crippen LogP contribution in [0.2, 0.25) is 0 Å². The molecule has 2 heterocycles. The van der Waals surface area contributed by atoms with Crippen molar-refractivity contribution in [1.29, 1.82) is 0 Å². The van der Waals surface area contributed by atoms with Crippen molar-refractivity contribution in [3.63, 3.8) is 0 Å². The smallest absolute Gasteiger partial charge is 0.256 e. The van der Waals surface area contributed by atoms with Gasteiger partial charge < -0.3 is 4.90 Å². The highest BCUT2D eigenvalue weighted by Gasteiger charge is 2.72. The van der Waals surface area contributed by atoms with Gasteiger partial charge in [0.15, 0.2) is 11.6 Å². The number of pyridine rings is 1. The Kier molecular flexibility index (Phi) is 1.80. The normalized spacial score (nSPS) is 31.1. The van der Waals surface area contributed by atoms with Crippen molar-refractivity contribution in [2.75, 3.05) is 18.0 Å². The Bertz CT molecular complexity index is 435. The molecule has 0 N–H and O–H groups in total. The van der Waals surface area contributed by atoms with Crippen LogP contribution in [0.5, 0.6) is 0 Å². The predicted octanol–water partition coefficient (Wildman–Crippen LogP) is 2.46. The minimum Gasteiger partial charge on any atom is -0.353 e. The molecular formula is C11H11F3N2. The summed E-state index contributed by atoms with van der Waals surface area (Å²) in [6.45, 7) is 0.678. The number of rotatable bonds is 1. The van der Waals surface area contributed by atoms with Gasteiger partial charge in [0, 0.05) is 25.7 Å². The molecule has 3 rings (SSSR count). The number of nitrogens with zero attached hydrogens (tertiary/aromatic N) is 2. The van der Waals surface area contributed by atoms with E-state index in [0.29, 0.717) is 13.0 Å². The van der Waals surface area contributed by atoms with Crippen LogP contribution in [0.3, 0.4) is 0 Å². The van der Waals surface area contributed by atoms with E-state index in [1.807, 2.05) is 0 Å². The second-order valence-corrected chi connectivity index (χ2v) is 4.64. The molecule has 0 amide bonds. The van der Waals surface area contributed by atoms with E-state index < -0.39 is 17.2 Å². The maximum absolute atomic E-state index is 13.4. The number of halogens is 3. The molecule has 1 saturated heterocycles. The fourth-order valence-electron chi connectivity index (χ4n) is 2.49. The maximum atomic E-state index is 13.4. The van der Waals surface area contributed by atoms with Crippen molar-refractivity contribution in [2.45, 2.75) is 18.8 Å². The van der Waals surface area contributed by atoms with E-state index in [1.54, 1.807) is 4.90 Å². The van der Waals surface area contributed by atoms with Crippen molar-refractivity contribution < 1.29 is 13.2 Å². The number of alkyl halides is 2. The molecule has 1 aromatic heterocycles. The van der Waals surface area contributed by atoms with Crippen LogP contribution in [0.25, 0.3) is 0 Å². The summed E-state index contributed by atoms with van der Waals surface area (Å²) in [5, 5.41) is 0. The van der Waals surface area contributed by atoms with Gasteiger partial charge in [0.1, 0.15) is 0 Å². The summed E-state index contributed by atoms with van der Waals surface area (Å²) in [4.78, 5) is 5.53. The van der Waals surface area contributed by atoms with Gasteiger partial charge in [-0.15, -0.1) is 0 Å². The first-order chi connectivity index (χ1) is 7.54. The number of hydrogen-bond donors (Lipinski definition) is 0. The number of anilines is 1. The van der Waals surface area contributed by atoms with Crippen LogP contribution < -0.4 is 4.90 Å². The zero-order valence-corrected chi connectivity index (χ0v) is 8.59.